The van der Waals surface area contributed by atoms with Gasteiger partial charge in [0.1, 0.15) is 27.8 Å². The van der Waals surface area contributed by atoms with E-state index in [1.807, 2.05) is 6.07 Å². The Balaban J connectivity index is 1.80. The first-order valence-electron chi connectivity index (χ1n) is 10.0. The smallest absolute Gasteiger partial charge is 0.247 e. The molecule has 0 saturated carbocycles. The van der Waals surface area contributed by atoms with Crippen LogP contribution in [0.25, 0.3) is 10.2 Å². The third-order valence-corrected chi connectivity index (χ3v) is 7.76. The molecule has 1 unspecified atom stereocenters. The number of aromatic nitrogens is 2. The van der Waals surface area contributed by atoms with Crippen LogP contribution in [0, 0.1) is 0 Å². The standard InChI is InChI=1S/C21H24N4O5S2/c1-29-16-8-9-17(30-2)19-18(16)23-21(31-19)24(13-14-6-4-10-22-12-14)20(26)15-7-5-11-25(15)32(3,27)28/h4,6,8-10,12,15H,5,7,11,13H2,1-3H3. The van der Waals surface area contributed by atoms with Gasteiger partial charge in [0.25, 0.3) is 0 Å². The molecular weight excluding hydrogens is 452 g/mol. The summed E-state index contributed by atoms with van der Waals surface area (Å²) in [5.74, 6) is 0.876. The van der Waals surface area contributed by atoms with Crippen LogP contribution in [0.15, 0.2) is 36.7 Å². The lowest BCUT2D eigenvalue weighted by Crippen LogP contribution is -2.47. The number of fused-ring (bicyclic) bond motifs is 1. The summed E-state index contributed by atoms with van der Waals surface area (Å²) in [6.45, 7) is 0.544. The molecule has 1 amide bonds. The van der Waals surface area contributed by atoms with Gasteiger partial charge in [0, 0.05) is 18.9 Å². The summed E-state index contributed by atoms with van der Waals surface area (Å²) >= 11 is 1.30. The molecule has 1 aliphatic heterocycles. The van der Waals surface area contributed by atoms with Crippen LogP contribution < -0.4 is 14.4 Å². The van der Waals surface area contributed by atoms with E-state index >= 15 is 0 Å². The fraction of sp³-hybridized carbons (Fsp3) is 0.381. The van der Waals surface area contributed by atoms with E-state index in [2.05, 4.69) is 4.98 Å². The number of amides is 1. The lowest BCUT2D eigenvalue weighted by molar-refractivity contribution is -0.121. The lowest BCUT2D eigenvalue weighted by Gasteiger charge is -2.27. The molecule has 3 aromatic rings. The summed E-state index contributed by atoms with van der Waals surface area (Å²) in [6, 6.07) is 6.45. The monoisotopic (exact) mass is 476 g/mol. The minimum atomic E-state index is -3.51. The van der Waals surface area contributed by atoms with Crippen LogP contribution in [0.4, 0.5) is 5.13 Å². The van der Waals surface area contributed by atoms with Gasteiger partial charge in [-0.05, 0) is 36.6 Å². The van der Waals surface area contributed by atoms with Crippen LogP contribution in [0.5, 0.6) is 11.5 Å². The van der Waals surface area contributed by atoms with Crippen molar-refractivity contribution in [2.75, 3.05) is 31.9 Å². The van der Waals surface area contributed by atoms with Gasteiger partial charge in [-0.1, -0.05) is 17.4 Å². The van der Waals surface area contributed by atoms with Gasteiger partial charge in [-0.15, -0.1) is 0 Å². The number of ether oxygens (including phenoxy) is 2. The number of carbonyl (C=O) groups excluding carboxylic acids is 1. The largest absolute Gasteiger partial charge is 0.495 e. The Hall–Kier alpha value is -2.76. The number of pyridine rings is 1. The molecule has 0 radical (unpaired) electrons. The zero-order valence-corrected chi connectivity index (χ0v) is 19.6. The second-order valence-corrected chi connectivity index (χ2v) is 10.4. The van der Waals surface area contributed by atoms with Crippen LogP contribution in [0.1, 0.15) is 18.4 Å². The van der Waals surface area contributed by atoms with Crippen molar-refractivity contribution in [3.63, 3.8) is 0 Å². The van der Waals surface area contributed by atoms with E-state index in [4.69, 9.17) is 14.5 Å². The zero-order valence-electron chi connectivity index (χ0n) is 18.0. The van der Waals surface area contributed by atoms with Gasteiger partial charge in [0.15, 0.2) is 5.13 Å². The van der Waals surface area contributed by atoms with E-state index in [1.165, 1.54) is 20.5 Å². The van der Waals surface area contributed by atoms with Crippen molar-refractivity contribution in [3.05, 3.63) is 42.2 Å². The molecule has 0 aliphatic carbocycles. The highest BCUT2D eigenvalue weighted by molar-refractivity contribution is 7.88. The molecule has 170 valence electrons. The molecular formula is C21H24N4O5S2. The van der Waals surface area contributed by atoms with Crippen LogP contribution in [0.3, 0.4) is 0 Å². The van der Waals surface area contributed by atoms with Crippen molar-refractivity contribution in [2.45, 2.75) is 25.4 Å². The van der Waals surface area contributed by atoms with Crippen LogP contribution in [-0.2, 0) is 21.4 Å². The number of hydrogen-bond acceptors (Lipinski definition) is 8. The van der Waals surface area contributed by atoms with Crippen molar-refractivity contribution >= 4 is 42.6 Å². The van der Waals surface area contributed by atoms with E-state index in [0.29, 0.717) is 41.5 Å². The highest BCUT2D eigenvalue weighted by atomic mass is 32.2. The minimum Gasteiger partial charge on any atom is -0.495 e. The Bertz CT molecular complexity index is 1190. The van der Waals surface area contributed by atoms with Gasteiger partial charge in [-0.3, -0.25) is 14.7 Å². The topological polar surface area (TPSA) is 102 Å². The average Bonchev–Trinajstić information content (AvgIpc) is 3.44. The molecule has 1 aliphatic rings. The summed E-state index contributed by atoms with van der Waals surface area (Å²) in [6.07, 6.45) is 5.57. The molecule has 32 heavy (non-hydrogen) atoms. The summed E-state index contributed by atoms with van der Waals surface area (Å²) in [7, 11) is -0.387. The second-order valence-electron chi connectivity index (χ2n) is 7.46. The Kier molecular flexibility index (Phi) is 6.31. The molecule has 0 bridgehead atoms. The van der Waals surface area contributed by atoms with Crippen molar-refractivity contribution in [1.82, 2.24) is 14.3 Å². The number of methoxy groups -OCH3 is 2. The van der Waals surface area contributed by atoms with Crippen LogP contribution in [-0.4, -0.2) is 61.7 Å². The van der Waals surface area contributed by atoms with E-state index < -0.39 is 16.1 Å². The lowest BCUT2D eigenvalue weighted by atomic mass is 10.2. The predicted octanol–water partition coefficient (Wildman–Crippen LogP) is 2.67. The maximum Gasteiger partial charge on any atom is 0.247 e. The van der Waals surface area contributed by atoms with E-state index in [-0.39, 0.29) is 12.5 Å². The first-order chi connectivity index (χ1) is 15.3. The van der Waals surface area contributed by atoms with E-state index in [9.17, 15) is 13.2 Å². The van der Waals surface area contributed by atoms with Gasteiger partial charge in [-0.2, -0.15) is 4.31 Å². The first kappa shape index (κ1) is 22.4. The maximum atomic E-state index is 13.7. The number of carbonyl (C=O) groups is 1. The van der Waals surface area contributed by atoms with Crippen LogP contribution in [0.2, 0.25) is 0 Å². The van der Waals surface area contributed by atoms with Crippen molar-refractivity contribution < 1.29 is 22.7 Å². The van der Waals surface area contributed by atoms with Gasteiger partial charge in [-0.25, -0.2) is 13.4 Å². The third-order valence-electron chi connectivity index (χ3n) is 5.37. The van der Waals surface area contributed by atoms with Crippen molar-refractivity contribution in [1.29, 1.82) is 0 Å². The maximum absolute atomic E-state index is 13.7. The average molecular weight is 477 g/mol. The van der Waals surface area contributed by atoms with E-state index in [1.54, 1.807) is 44.8 Å². The fourth-order valence-electron chi connectivity index (χ4n) is 3.87. The quantitative estimate of drug-likeness (QED) is 0.517. The predicted molar refractivity (Wildman–Crippen MR) is 123 cm³/mol. The van der Waals surface area contributed by atoms with E-state index in [0.717, 1.165) is 16.5 Å². The highest BCUT2D eigenvalue weighted by Crippen LogP contribution is 2.41. The molecule has 0 N–H and O–H groups in total. The Morgan fingerprint density at radius 3 is 2.66 bits per heavy atom. The molecule has 11 heteroatoms. The van der Waals surface area contributed by atoms with Gasteiger partial charge in [0.2, 0.25) is 15.9 Å². The molecule has 1 atom stereocenters. The molecule has 1 aromatic carbocycles. The van der Waals surface area contributed by atoms with Gasteiger partial charge in [0.05, 0.1) is 27.0 Å². The molecule has 0 spiro atoms. The summed E-state index contributed by atoms with van der Waals surface area (Å²) < 4.78 is 37.5. The SMILES string of the molecule is COc1ccc(OC)c2sc(N(Cc3cccnc3)C(=O)C3CCCN3S(C)(=O)=O)nc12. The third kappa shape index (κ3) is 4.27. The Morgan fingerprint density at radius 2 is 2.00 bits per heavy atom. The van der Waals surface area contributed by atoms with Crippen molar-refractivity contribution in [3.8, 4) is 11.5 Å². The number of hydrogen-bond donors (Lipinski definition) is 0. The molecule has 1 fully saturated rings. The number of sulfonamides is 1. The molecule has 3 heterocycles. The molecule has 1 saturated heterocycles. The van der Waals surface area contributed by atoms with Gasteiger partial charge >= 0.3 is 0 Å². The summed E-state index contributed by atoms with van der Waals surface area (Å²) in [5.41, 5.74) is 1.39. The molecule has 4 rings (SSSR count). The Morgan fingerprint density at radius 1 is 1.25 bits per heavy atom. The number of rotatable bonds is 7. The zero-order chi connectivity index (χ0) is 22.9. The number of anilines is 1. The fourth-order valence-corrected chi connectivity index (χ4v) is 6.07. The number of thiazole rings is 1. The summed E-state index contributed by atoms with van der Waals surface area (Å²) in [4.78, 5) is 24.1. The minimum absolute atomic E-state index is 0.214. The molecule has 2 aromatic heterocycles. The normalized spacial score (nSPS) is 16.9. The molecule has 9 nitrogen and oxygen atoms in total. The summed E-state index contributed by atoms with van der Waals surface area (Å²) in [5, 5.41) is 0.442. The van der Waals surface area contributed by atoms with Gasteiger partial charge < -0.3 is 9.47 Å². The number of benzene rings is 1. The first-order valence-corrected chi connectivity index (χ1v) is 12.7. The van der Waals surface area contributed by atoms with Crippen molar-refractivity contribution in [2.24, 2.45) is 0 Å². The van der Waals surface area contributed by atoms with Crippen LogP contribution >= 0.6 is 11.3 Å². The Labute approximate surface area is 190 Å². The second kappa shape index (κ2) is 9.00. The highest BCUT2D eigenvalue weighted by Gasteiger charge is 2.40. The number of nitrogens with zero attached hydrogens (tertiary/aromatic N) is 4.